The number of methoxy groups -OCH3 is 1. The predicted octanol–water partition coefficient (Wildman–Crippen LogP) is 3.32. The second-order valence-corrected chi connectivity index (χ2v) is 6.61. The molecule has 1 aliphatic carbocycles. The number of benzene rings is 2. The van der Waals surface area contributed by atoms with E-state index in [0.29, 0.717) is 6.54 Å². The summed E-state index contributed by atoms with van der Waals surface area (Å²) >= 11 is 6.45. The highest BCUT2D eigenvalue weighted by molar-refractivity contribution is 6.31. The SMILES string of the molecule is COc1ccc(Cl)c2c1CCC(CN)(NCc1ccccc1)C2. The van der Waals surface area contributed by atoms with E-state index in [-0.39, 0.29) is 5.54 Å². The van der Waals surface area contributed by atoms with Crippen LogP contribution in [0.3, 0.4) is 0 Å². The van der Waals surface area contributed by atoms with Crippen LogP contribution in [-0.2, 0) is 19.4 Å². The molecule has 0 bridgehead atoms. The Kier molecular flexibility index (Phi) is 4.90. The molecule has 2 aromatic carbocycles. The highest BCUT2D eigenvalue weighted by atomic mass is 35.5. The molecule has 0 saturated heterocycles. The predicted molar refractivity (Wildman–Crippen MR) is 95.1 cm³/mol. The number of hydrogen-bond donors (Lipinski definition) is 2. The molecule has 0 aliphatic heterocycles. The minimum Gasteiger partial charge on any atom is -0.496 e. The molecule has 2 aromatic rings. The Morgan fingerprint density at radius 2 is 1.96 bits per heavy atom. The minimum absolute atomic E-state index is 0.112. The molecule has 3 nitrogen and oxygen atoms in total. The molecule has 0 heterocycles. The van der Waals surface area contributed by atoms with Crippen molar-refractivity contribution in [3.8, 4) is 5.75 Å². The second kappa shape index (κ2) is 6.91. The van der Waals surface area contributed by atoms with Crippen LogP contribution in [0, 0.1) is 0 Å². The number of nitrogens with two attached hydrogens (primary N) is 1. The number of nitrogens with one attached hydrogen (secondary N) is 1. The highest BCUT2D eigenvalue weighted by Crippen LogP contribution is 2.38. The van der Waals surface area contributed by atoms with E-state index in [1.54, 1.807) is 7.11 Å². The number of fused-ring (bicyclic) bond motifs is 1. The fourth-order valence-electron chi connectivity index (χ4n) is 3.37. The van der Waals surface area contributed by atoms with E-state index in [2.05, 4.69) is 29.6 Å². The van der Waals surface area contributed by atoms with Gasteiger partial charge >= 0.3 is 0 Å². The molecule has 0 saturated carbocycles. The topological polar surface area (TPSA) is 47.3 Å². The summed E-state index contributed by atoms with van der Waals surface area (Å²) < 4.78 is 5.49. The van der Waals surface area contributed by atoms with Crippen molar-refractivity contribution in [3.63, 3.8) is 0 Å². The Balaban J connectivity index is 1.82. The first kappa shape index (κ1) is 16.3. The Morgan fingerprint density at radius 1 is 1.17 bits per heavy atom. The standard InChI is InChI=1S/C19H23ClN2O/c1-23-18-8-7-17(20)16-11-19(13-21,10-9-15(16)18)22-12-14-5-3-2-4-6-14/h2-8,22H,9-13,21H2,1H3. The molecule has 122 valence electrons. The highest BCUT2D eigenvalue weighted by Gasteiger charge is 2.35. The summed E-state index contributed by atoms with van der Waals surface area (Å²) in [6.45, 7) is 1.40. The van der Waals surface area contributed by atoms with Gasteiger partial charge in [-0.2, -0.15) is 0 Å². The first-order chi connectivity index (χ1) is 11.2. The van der Waals surface area contributed by atoms with Crippen molar-refractivity contribution in [2.24, 2.45) is 5.73 Å². The normalized spacial score (nSPS) is 20.1. The lowest BCUT2D eigenvalue weighted by Crippen LogP contribution is -2.54. The maximum atomic E-state index is 6.45. The van der Waals surface area contributed by atoms with Gasteiger partial charge in [0.15, 0.2) is 0 Å². The Bertz CT molecular complexity index is 675. The second-order valence-electron chi connectivity index (χ2n) is 6.21. The molecular weight excluding hydrogens is 308 g/mol. The van der Waals surface area contributed by atoms with Crippen LogP contribution in [0.4, 0.5) is 0 Å². The van der Waals surface area contributed by atoms with E-state index in [0.717, 1.165) is 36.6 Å². The zero-order chi connectivity index (χ0) is 16.3. The smallest absolute Gasteiger partial charge is 0.122 e. The molecule has 1 aliphatic rings. The maximum absolute atomic E-state index is 6.45. The van der Waals surface area contributed by atoms with Gasteiger partial charge in [-0.3, -0.25) is 0 Å². The van der Waals surface area contributed by atoms with Crippen LogP contribution in [0.2, 0.25) is 5.02 Å². The molecule has 1 unspecified atom stereocenters. The van der Waals surface area contributed by atoms with Gasteiger partial charge in [-0.1, -0.05) is 41.9 Å². The van der Waals surface area contributed by atoms with Gasteiger partial charge in [0, 0.05) is 23.7 Å². The zero-order valence-electron chi connectivity index (χ0n) is 13.4. The van der Waals surface area contributed by atoms with Gasteiger partial charge in [-0.05, 0) is 48.1 Å². The van der Waals surface area contributed by atoms with Gasteiger partial charge in [0.05, 0.1) is 7.11 Å². The summed E-state index contributed by atoms with van der Waals surface area (Å²) in [7, 11) is 1.71. The average molecular weight is 331 g/mol. The Morgan fingerprint density at radius 3 is 2.65 bits per heavy atom. The summed E-state index contributed by atoms with van der Waals surface area (Å²) in [6, 6.07) is 14.3. The average Bonchev–Trinajstić information content (AvgIpc) is 2.61. The van der Waals surface area contributed by atoms with Crippen molar-refractivity contribution in [2.45, 2.75) is 31.3 Å². The maximum Gasteiger partial charge on any atom is 0.122 e. The summed E-state index contributed by atoms with van der Waals surface area (Å²) in [5.74, 6) is 0.929. The van der Waals surface area contributed by atoms with E-state index in [1.807, 2.05) is 18.2 Å². The van der Waals surface area contributed by atoms with Crippen molar-refractivity contribution in [3.05, 3.63) is 64.2 Å². The van der Waals surface area contributed by atoms with Crippen molar-refractivity contribution >= 4 is 11.6 Å². The van der Waals surface area contributed by atoms with Crippen LogP contribution in [0.25, 0.3) is 0 Å². The number of halogens is 1. The molecule has 23 heavy (non-hydrogen) atoms. The quantitative estimate of drug-likeness (QED) is 0.884. The van der Waals surface area contributed by atoms with Crippen molar-refractivity contribution in [1.82, 2.24) is 5.32 Å². The van der Waals surface area contributed by atoms with E-state index in [1.165, 1.54) is 16.7 Å². The number of hydrogen-bond acceptors (Lipinski definition) is 3. The molecule has 3 rings (SSSR count). The third-order valence-electron chi connectivity index (χ3n) is 4.82. The number of rotatable bonds is 5. The molecule has 0 radical (unpaired) electrons. The van der Waals surface area contributed by atoms with Crippen LogP contribution in [0.1, 0.15) is 23.1 Å². The largest absolute Gasteiger partial charge is 0.496 e. The summed E-state index contributed by atoms with van der Waals surface area (Å²) in [6.07, 6.45) is 2.75. The molecule has 0 fully saturated rings. The van der Waals surface area contributed by atoms with E-state index >= 15 is 0 Å². The molecule has 0 spiro atoms. The zero-order valence-corrected chi connectivity index (χ0v) is 14.2. The fraction of sp³-hybridized carbons (Fsp3) is 0.368. The molecule has 0 amide bonds. The van der Waals surface area contributed by atoms with Crippen LogP contribution < -0.4 is 15.8 Å². The van der Waals surface area contributed by atoms with Gasteiger partial charge in [-0.15, -0.1) is 0 Å². The van der Waals surface area contributed by atoms with Gasteiger partial charge < -0.3 is 15.8 Å². The molecule has 0 aromatic heterocycles. The summed E-state index contributed by atoms with van der Waals surface area (Å²) in [4.78, 5) is 0. The van der Waals surface area contributed by atoms with Crippen molar-refractivity contribution < 1.29 is 4.74 Å². The molecule has 3 N–H and O–H groups in total. The van der Waals surface area contributed by atoms with Gasteiger partial charge in [0.2, 0.25) is 0 Å². The summed E-state index contributed by atoms with van der Waals surface area (Å²) in [5, 5.41) is 4.49. The van der Waals surface area contributed by atoms with E-state index < -0.39 is 0 Å². The monoisotopic (exact) mass is 330 g/mol. The van der Waals surface area contributed by atoms with Gasteiger partial charge in [-0.25, -0.2) is 0 Å². The van der Waals surface area contributed by atoms with Crippen LogP contribution in [0.15, 0.2) is 42.5 Å². The minimum atomic E-state index is -0.112. The van der Waals surface area contributed by atoms with Crippen LogP contribution >= 0.6 is 11.6 Å². The third-order valence-corrected chi connectivity index (χ3v) is 5.17. The summed E-state index contributed by atoms with van der Waals surface area (Å²) in [5.41, 5.74) is 9.69. The molecule has 1 atom stereocenters. The van der Waals surface area contributed by atoms with Gasteiger partial charge in [0.25, 0.3) is 0 Å². The van der Waals surface area contributed by atoms with E-state index in [9.17, 15) is 0 Å². The fourth-order valence-corrected chi connectivity index (χ4v) is 3.62. The number of ether oxygens (including phenoxy) is 1. The lowest BCUT2D eigenvalue weighted by molar-refractivity contribution is 0.287. The lowest BCUT2D eigenvalue weighted by Gasteiger charge is -2.39. The third kappa shape index (κ3) is 3.37. The lowest BCUT2D eigenvalue weighted by atomic mass is 9.77. The van der Waals surface area contributed by atoms with Gasteiger partial charge in [0.1, 0.15) is 5.75 Å². The van der Waals surface area contributed by atoms with Crippen molar-refractivity contribution in [1.29, 1.82) is 0 Å². The Hall–Kier alpha value is -1.55. The van der Waals surface area contributed by atoms with E-state index in [4.69, 9.17) is 22.1 Å². The van der Waals surface area contributed by atoms with Crippen LogP contribution in [0.5, 0.6) is 5.75 Å². The first-order valence-electron chi connectivity index (χ1n) is 8.01. The Labute approximate surface area is 142 Å². The molecular formula is C19H23ClN2O. The molecule has 4 heteroatoms. The van der Waals surface area contributed by atoms with Crippen molar-refractivity contribution in [2.75, 3.05) is 13.7 Å². The first-order valence-corrected chi connectivity index (χ1v) is 8.38. The van der Waals surface area contributed by atoms with Crippen LogP contribution in [-0.4, -0.2) is 19.2 Å².